The average molecular weight is 494 g/mol. The van der Waals surface area contributed by atoms with E-state index in [4.69, 9.17) is 14.2 Å². The number of hydrogen-bond donors (Lipinski definition) is 2. The molecule has 190 valence electrons. The lowest BCUT2D eigenvalue weighted by Gasteiger charge is -2.38. The number of ether oxygens (including phenoxy) is 3. The molecule has 2 saturated carbocycles. The van der Waals surface area contributed by atoms with Gasteiger partial charge in [0.05, 0.1) is 26.4 Å². The van der Waals surface area contributed by atoms with Gasteiger partial charge in [0, 0.05) is 30.2 Å². The molecule has 2 aromatic carbocycles. The van der Waals surface area contributed by atoms with E-state index in [-0.39, 0.29) is 43.5 Å². The highest BCUT2D eigenvalue weighted by molar-refractivity contribution is 5.83. The minimum atomic E-state index is -2.87. The summed E-state index contributed by atoms with van der Waals surface area (Å²) in [5.74, 6) is -4.10. The number of aliphatic carboxylic acids is 1. The SMILES string of the molecule is CCOc1cc(OC)cc(-c2ccc(NC3(C(=O)O)CCC(F)(F)CC3)cc2COC2CC2)c1F. The van der Waals surface area contributed by atoms with Gasteiger partial charge < -0.3 is 24.6 Å². The van der Waals surface area contributed by atoms with Crippen LogP contribution in [0, 0.1) is 5.82 Å². The highest BCUT2D eigenvalue weighted by Gasteiger charge is 2.48. The van der Waals surface area contributed by atoms with Crippen LogP contribution in [0.25, 0.3) is 11.1 Å². The fraction of sp³-hybridized carbons (Fsp3) is 0.500. The van der Waals surface area contributed by atoms with Gasteiger partial charge in [-0.1, -0.05) is 6.07 Å². The first-order valence-corrected chi connectivity index (χ1v) is 11.8. The molecule has 2 N–H and O–H groups in total. The summed E-state index contributed by atoms with van der Waals surface area (Å²) in [6, 6.07) is 8.06. The standard InChI is InChI=1S/C26H30F3NO5/c1-3-34-22-14-19(33-2)13-21(23(22)27)20-7-4-17(12-16(20)15-35-18-5-6-18)30-25(24(31)32)8-10-26(28,29)11-9-25/h4,7,12-14,18,30H,3,5-6,8-11,15H2,1-2H3,(H,31,32). The molecule has 2 fully saturated rings. The van der Waals surface area contributed by atoms with E-state index in [9.17, 15) is 18.7 Å². The van der Waals surface area contributed by atoms with Gasteiger partial charge in [-0.2, -0.15) is 0 Å². The first-order valence-electron chi connectivity index (χ1n) is 11.8. The summed E-state index contributed by atoms with van der Waals surface area (Å²) < 4.78 is 59.5. The Morgan fingerprint density at radius 3 is 2.43 bits per heavy atom. The van der Waals surface area contributed by atoms with Crippen molar-refractivity contribution in [2.45, 2.75) is 69.6 Å². The van der Waals surface area contributed by atoms with Crippen LogP contribution in [0.15, 0.2) is 30.3 Å². The van der Waals surface area contributed by atoms with Crippen molar-refractivity contribution >= 4 is 11.7 Å². The minimum Gasteiger partial charge on any atom is -0.497 e. The zero-order valence-electron chi connectivity index (χ0n) is 19.8. The summed E-state index contributed by atoms with van der Waals surface area (Å²) in [4.78, 5) is 12.1. The third kappa shape index (κ3) is 5.66. The molecule has 0 radical (unpaired) electrons. The molecule has 6 nitrogen and oxygen atoms in total. The molecule has 2 aromatic rings. The van der Waals surface area contributed by atoms with Crippen LogP contribution < -0.4 is 14.8 Å². The first-order chi connectivity index (χ1) is 16.7. The van der Waals surface area contributed by atoms with Crippen LogP contribution in [0.5, 0.6) is 11.5 Å². The quantitative estimate of drug-likeness (QED) is 0.421. The Labute approximate surface area is 202 Å². The molecule has 2 aliphatic carbocycles. The van der Waals surface area contributed by atoms with Gasteiger partial charge in [-0.05, 0) is 61.9 Å². The highest BCUT2D eigenvalue weighted by Crippen LogP contribution is 2.42. The maximum Gasteiger partial charge on any atom is 0.329 e. The topological polar surface area (TPSA) is 77.0 Å². The number of nitrogens with one attached hydrogen (secondary N) is 1. The largest absolute Gasteiger partial charge is 0.497 e. The number of rotatable bonds is 10. The summed E-state index contributed by atoms with van der Waals surface area (Å²) in [6.45, 7) is 2.22. The molecule has 9 heteroatoms. The van der Waals surface area contributed by atoms with E-state index in [1.807, 2.05) is 0 Å². The van der Waals surface area contributed by atoms with Gasteiger partial charge in [-0.25, -0.2) is 18.0 Å². The molecule has 0 unspecified atom stereocenters. The van der Waals surface area contributed by atoms with E-state index in [0.717, 1.165) is 12.8 Å². The number of hydrogen-bond acceptors (Lipinski definition) is 5. The Hall–Kier alpha value is -2.94. The number of methoxy groups -OCH3 is 1. The Morgan fingerprint density at radius 1 is 1.11 bits per heavy atom. The molecule has 0 saturated heterocycles. The number of benzene rings is 2. The van der Waals surface area contributed by atoms with Crippen LogP contribution in [-0.4, -0.2) is 42.4 Å². The van der Waals surface area contributed by atoms with Gasteiger partial charge in [0.15, 0.2) is 11.6 Å². The summed E-state index contributed by atoms with van der Waals surface area (Å²) in [6.07, 6.45) is 0.631. The van der Waals surface area contributed by atoms with Gasteiger partial charge in [0.1, 0.15) is 11.3 Å². The van der Waals surface area contributed by atoms with Crippen molar-refractivity contribution in [3.05, 3.63) is 41.7 Å². The lowest BCUT2D eigenvalue weighted by atomic mass is 9.79. The normalized spacial score (nSPS) is 18.7. The van der Waals surface area contributed by atoms with Crippen molar-refractivity contribution in [2.24, 2.45) is 0 Å². The monoisotopic (exact) mass is 493 g/mol. The van der Waals surface area contributed by atoms with Crippen LogP contribution in [0.1, 0.15) is 51.0 Å². The minimum absolute atomic E-state index is 0.0612. The molecule has 35 heavy (non-hydrogen) atoms. The lowest BCUT2D eigenvalue weighted by molar-refractivity contribution is -0.146. The highest BCUT2D eigenvalue weighted by atomic mass is 19.3. The van der Waals surface area contributed by atoms with E-state index in [0.29, 0.717) is 22.6 Å². The van der Waals surface area contributed by atoms with E-state index in [1.54, 1.807) is 31.2 Å². The molecular formula is C26H30F3NO5. The summed E-state index contributed by atoms with van der Waals surface area (Å²) in [5, 5.41) is 12.9. The Balaban J connectivity index is 1.71. The number of anilines is 1. The molecule has 0 aromatic heterocycles. The molecule has 0 spiro atoms. The van der Waals surface area contributed by atoms with E-state index in [1.165, 1.54) is 13.2 Å². The van der Waals surface area contributed by atoms with E-state index in [2.05, 4.69) is 5.32 Å². The van der Waals surface area contributed by atoms with Crippen LogP contribution in [0.2, 0.25) is 0 Å². The smallest absolute Gasteiger partial charge is 0.329 e. The molecule has 0 bridgehead atoms. The predicted molar refractivity (Wildman–Crippen MR) is 125 cm³/mol. The van der Waals surface area contributed by atoms with Crippen molar-refractivity contribution in [3.63, 3.8) is 0 Å². The number of carboxylic acid groups (broad SMARTS) is 1. The van der Waals surface area contributed by atoms with Crippen LogP contribution in [0.3, 0.4) is 0 Å². The number of carboxylic acids is 1. The fourth-order valence-electron chi connectivity index (χ4n) is 4.35. The molecule has 0 heterocycles. The maximum absolute atomic E-state index is 15.4. The van der Waals surface area contributed by atoms with Crippen molar-refractivity contribution in [2.75, 3.05) is 19.0 Å². The van der Waals surface area contributed by atoms with E-state index < -0.39 is 36.1 Å². The lowest BCUT2D eigenvalue weighted by Crippen LogP contribution is -2.51. The molecule has 4 rings (SSSR count). The number of halogens is 3. The second kappa shape index (κ2) is 9.97. The molecule has 0 aliphatic heterocycles. The third-order valence-electron chi connectivity index (χ3n) is 6.57. The zero-order valence-corrected chi connectivity index (χ0v) is 19.8. The summed E-state index contributed by atoms with van der Waals surface area (Å²) >= 11 is 0. The van der Waals surface area contributed by atoms with Crippen LogP contribution in [0.4, 0.5) is 18.9 Å². The van der Waals surface area contributed by atoms with Crippen LogP contribution >= 0.6 is 0 Å². The third-order valence-corrected chi connectivity index (χ3v) is 6.57. The molecular weight excluding hydrogens is 463 g/mol. The van der Waals surface area contributed by atoms with Crippen LogP contribution in [-0.2, 0) is 16.1 Å². The molecule has 2 aliphatic rings. The zero-order chi connectivity index (χ0) is 25.2. The number of alkyl halides is 2. The number of carbonyl (C=O) groups is 1. The van der Waals surface area contributed by atoms with Gasteiger partial charge in [-0.3, -0.25) is 0 Å². The first kappa shape index (κ1) is 25.2. The van der Waals surface area contributed by atoms with Gasteiger partial charge in [0.2, 0.25) is 5.92 Å². The second-order valence-corrected chi connectivity index (χ2v) is 9.17. The van der Waals surface area contributed by atoms with Gasteiger partial charge in [-0.15, -0.1) is 0 Å². The van der Waals surface area contributed by atoms with E-state index >= 15 is 4.39 Å². The van der Waals surface area contributed by atoms with Crippen molar-refractivity contribution in [3.8, 4) is 22.6 Å². The van der Waals surface area contributed by atoms with Gasteiger partial charge in [0.25, 0.3) is 0 Å². The second-order valence-electron chi connectivity index (χ2n) is 9.17. The predicted octanol–water partition coefficient (Wildman–Crippen LogP) is 6.02. The van der Waals surface area contributed by atoms with Crippen molar-refractivity contribution in [1.29, 1.82) is 0 Å². The van der Waals surface area contributed by atoms with Crippen molar-refractivity contribution in [1.82, 2.24) is 0 Å². The Bertz CT molecular complexity index is 1080. The summed E-state index contributed by atoms with van der Waals surface area (Å²) in [5.41, 5.74) is 0.399. The van der Waals surface area contributed by atoms with Crippen molar-refractivity contribution < 1.29 is 37.3 Å². The maximum atomic E-state index is 15.4. The Morgan fingerprint density at radius 2 is 1.83 bits per heavy atom. The molecule has 0 atom stereocenters. The molecule has 0 amide bonds. The van der Waals surface area contributed by atoms with Gasteiger partial charge >= 0.3 is 5.97 Å². The fourth-order valence-corrected chi connectivity index (χ4v) is 4.35. The average Bonchev–Trinajstić information content (AvgIpc) is 3.65. The summed E-state index contributed by atoms with van der Waals surface area (Å²) in [7, 11) is 1.48. The Kier molecular flexibility index (Phi) is 7.17.